The van der Waals surface area contributed by atoms with Crippen molar-refractivity contribution in [3.8, 4) is 11.8 Å². The fraction of sp³-hybridized carbons (Fsp3) is 0.294. The molecule has 0 amide bonds. The van der Waals surface area contributed by atoms with E-state index in [4.69, 9.17) is 14.0 Å². The van der Waals surface area contributed by atoms with E-state index in [-0.39, 0.29) is 18.6 Å². The molecule has 0 radical (unpaired) electrons. The highest BCUT2D eigenvalue weighted by atomic mass is 31.2. The Balaban J connectivity index is 1.26. The Kier molecular flexibility index (Phi) is 7.28. The lowest BCUT2D eigenvalue weighted by atomic mass is 9.81. The summed E-state index contributed by atoms with van der Waals surface area (Å²) in [6.45, 7) is 3.13. The summed E-state index contributed by atoms with van der Waals surface area (Å²) < 4.78 is 29.8. The molecule has 224 valence electrons. The second-order valence-corrected chi connectivity index (χ2v) is 13.2. The molecule has 1 fully saturated rings. The van der Waals surface area contributed by atoms with Crippen LogP contribution in [0.15, 0.2) is 58.3 Å². The van der Waals surface area contributed by atoms with Gasteiger partial charge in [-0.05, 0) is 69.6 Å². The Morgan fingerprint density at radius 1 is 1.05 bits per heavy atom. The molecule has 3 aliphatic rings. The molecule has 2 aliphatic carbocycles. The van der Waals surface area contributed by atoms with Crippen molar-refractivity contribution < 1.29 is 23.5 Å². The fourth-order valence-electron chi connectivity index (χ4n) is 6.60. The Morgan fingerprint density at radius 2 is 1.84 bits per heavy atom. The smallest absolute Gasteiger partial charge is 0.330 e. The maximum absolute atomic E-state index is 12.8. The number of H-pyrrole nitrogens is 1. The third kappa shape index (κ3) is 5.09. The lowest BCUT2D eigenvalue weighted by Crippen LogP contribution is -2.33. The lowest BCUT2D eigenvalue weighted by Gasteiger charge is -2.23. The summed E-state index contributed by atoms with van der Waals surface area (Å²) in [4.78, 5) is 37.6. The number of benzene rings is 3. The monoisotopic (exact) mass is 610 g/mol. The normalized spacial score (nSPS) is 21.4. The minimum absolute atomic E-state index is 0.122. The van der Waals surface area contributed by atoms with Gasteiger partial charge in [-0.15, -0.1) is 0 Å². The number of hydrogen-bond acceptors (Lipinski definition) is 6. The van der Waals surface area contributed by atoms with Crippen LogP contribution in [0.2, 0.25) is 0 Å². The van der Waals surface area contributed by atoms with Gasteiger partial charge in [-0.2, -0.15) is 0 Å². The highest BCUT2D eigenvalue weighted by Gasteiger charge is 2.38. The summed E-state index contributed by atoms with van der Waals surface area (Å²) in [6.07, 6.45) is 10.1. The Hall–Kier alpha value is -4.03. The Bertz CT molecular complexity index is 2130. The number of fused-ring (bicyclic) bond motifs is 2. The van der Waals surface area contributed by atoms with Crippen LogP contribution < -0.4 is 11.2 Å². The summed E-state index contributed by atoms with van der Waals surface area (Å²) in [5.41, 5.74) is 4.58. The van der Waals surface area contributed by atoms with Crippen LogP contribution in [0.5, 0.6) is 0 Å². The zero-order chi connectivity index (χ0) is 30.6. The molecule has 1 aliphatic heterocycles. The first-order chi connectivity index (χ1) is 21.2. The zero-order valence-electron chi connectivity index (χ0n) is 24.3. The number of allylic oxidation sites excluding steroid dienone is 2. The van der Waals surface area contributed by atoms with Gasteiger partial charge in [-0.1, -0.05) is 60.4 Å². The molecule has 10 heteroatoms. The van der Waals surface area contributed by atoms with Crippen molar-refractivity contribution in [2.75, 3.05) is 19.9 Å². The molecular formula is C34H31N2O7P. The van der Waals surface area contributed by atoms with Crippen molar-refractivity contribution in [3.05, 3.63) is 103 Å². The van der Waals surface area contributed by atoms with Gasteiger partial charge >= 0.3 is 13.3 Å². The third-order valence-electron chi connectivity index (χ3n) is 8.47. The fourth-order valence-corrected chi connectivity index (χ4v) is 7.03. The Labute approximate surface area is 253 Å². The van der Waals surface area contributed by atoms with Crippen LogP contribution in [-0.4, -0.2) is 46.5 Å². The molecule has 1 aromatic heterocycles. The van der Waals surface area contributed by atoms with Gasteiger partial charge in [0.25, 0.3) is 5.56 Å². The predicted octanol–water partition coefficient (Wildman–Crippen LogP) is 4.91. The highest BCUT2D eigenvalue weighted by Crippen LogP contribution is 2.42. The second-order valence-electron chi connectivity index (χ2n) is 11.3. The first-order valence-corrected chi connectivity index (χ1v) is 16.7. The molecule has 3 aromatic carbocycles. The number of ether oxygens (including phenoxy) is 2. The summed E-state index contributed by atoms with van der Waals surface area (Å²) in [5, 5.41) is 4.95. The number of aromatic nitrogens is 2. The first-order valence-electron chi connectivity index (χ1n) is 14.7. The first kappa shape index (κ1) is 28.7. The maximum atomic E-state index is 12.8. The van der Waals surface area contributed by atoms with Gasteiger partial charge < -0.3 is 18.9 Å². The van der Waals surface area contributed by atoms with Crippen LogP contribution in [0.25, 0.3) is 33.7 Å². The van der Waals surface area contributed by atoms with E-state index in [9.17, 15) is 19.0 Å². The van der Waals surface area contributed by atoms with Crippen LogP contribution in [0, 0.1) is 11.8 Å². The van der Waals surface area contributed by atoms with Crippen molar-refractivity contribution >= 4 is 41.3 Å². The molecule has 2 N–H and O–H groups in total. The van der Waals surface area contributed by atoms with Gasteiger partial charge in [0, 0.05) is 31.5 Å². The van der Waals surface area contributed by atoms with Crippen molar-refractivity contribution in [2.45, 2.75) is 44.6 Å². The standard InChI is InChI=1S/C34H31N2O7P/c1-3-41-28-17-30(43-29(28)19-42-44(2,39)40)36-18-22(33(37)35-34(36)38)14-13-20-15-16-27-25-11-5-8-21-7-4-10-24(31(21)25)26-12-6-9-23(20)32(26)27/h4-8,10,12,15-16,18,28-30H,3,9,11,17,19H2,1-2H3,(H,39,40)(H,35,37,38)/t28-,29?,30-/m1/s1. The number of rotatable bonds is 6. The third-order valence-corrected chi connectivity index (χ3v) is 9.10. The summed E-state index contributed by atoms with van der Waals surface area (Å²) in [6, 6.07) is 10.6. The SMILES string of the molecule is CCO[C@@H]1C[C@H](n2cc(C#Cc3ccc4c5c6c(cccc6c6c4c3CC=C6)C=CC5)c(=O)[nH]c2=O)OC1COP(C)(=O)O. The van der Waals surface area contributed by atoms with E-state index in [2.05, 4.69) is 65.4 Å². The average molecular weight is 611 g/mol. The molecule has 7 rings (SSSR count). The van der Waals surface area contributed by atoms with Crippen molar-refractivity contribution in [3.63, 3.8) is 0 Å². The number of aromatic amines is 1. The van der Waals surface area contributed by atoms with Crippen LogP contribution >= 0.6 is 7.60 Å². The van der Waals surface area contributed by atoms with E-state index in [1.54, 1.807) is 0 Å². The molecule has 44 heavy (non-hydrogen) atoms. The minimum atomic E-state index is -3.73. The molecule has 0 bridgehead atoms. The molecule has 2 heterocycles. The topological polar surface area (TPSA) is 120 Å². The van der Waals surface area contributed by atoms with Gasteiger partial charge in [0.05, 0.1) is 12.7 Å². The summed E-state index contributed by atoms with van der Waals surface area (Å²) in [5.74, 6) is 6.23. The van der Waals surface area contributed by atoms with Crippen molar-refractivity contribution in [2.24, 2.45) is 0 Å². The molecule has 4 atom stereocenters. The van der Waals surface area contributed by atoms with E-state index in [1.165, 1.54) is 49.0 Å². The van der Waals surface area contributed by atoms with Crippen LogP contribution in [0.4, 0.5) is 0 Å². The van der Waals surface area contributed by atoms with Gasteiger partial charge in [0.15, 0.2) is 0 Å². The van der Waals surface area contributed by atoms with E-state index < -0.39 is 37.3 Å². The molecule has 4 aromatic rings. The molecule has 1 saturated heterocycles. The van der Waals surface area contributed by atoms with E-state index in [1.807, 2.05) is 13.0 Å². The van der Waals surface area contributed by atoms with Gasteiger partial charge in [-0.25, -0.2) is 4.79 Å². The van der Waals surface area contributed by atoms with Gasteiger partial charge in [-0.3, -0.25) is 18.9 Å². The zero-order valence-corrected chi connectivity index (χ0v) is 25.2. The minimum Gasteiger partial charge on any atom is -0.376 e. The molecule has 0 spiro atoms. The van der Waals surface area contributed by atoms with E-state index in [0.29, 0.717) is 6.61 Å². The summed E-state index contributed by atoms with van der Waals surface area (Å²) in [7, 11) is -3.73. The maximum Gasteiger partial charge on any atom is 0.330 e. The molecular weight excluding hydrogens is 579 g/mol. The molecule has 2 unspecified atom stereocenters. The van der Waals surface area contributed by atoms with Gasteiger partial charge in [0.2, 0.25) is 0 Å². The largest absolute Gasteiger partial charge is 0.376 e. The quantitative estimate of drug-likeness (QED) is 0.181. The van der Waals surface area contributed by atoms with Crippen LogP contribution in [-0.2, 0) is 31.4 Å². The molecule has 0 saturated carbocycles. The molecule has 9 nitrogen and oxygen atoms in total. The van der Waals surface area contributed by atoms with E-state index >= 15 is 0 Å². The second kappa shape index (κ2) is 11.2. The highest BCUT2D eigenvalue weighted by molar-refractivity contribution is 7.51. The van der Waals surface area contributed by atoms with Crippen molar-refractivity contribution in [1.82, 2.24) is 9.55 Å². The summed E-state index contributed by atoms with van der Waals surface area (Å²) >= 11 is 0. The van der Waals surface area contributed by atoms with Gasteiger partial charge in [0.1, 0.15) is 17.9 Å². The number of hydrogen-bond donors (Lipinski definition) is 2. The van der Waals surface area contributed by atoms with Crippen LogP contribution in [0.3, 0.4) is 0 Å². The lowest BCUT2D eigenvalue weighted by molar-refractivity contribution is -0.0568. The number of nitrogens with zero attached hydrogens (tertiary/aromatic N) is 1. The number of nitrogens with one attached hydrogen (secondary N) is 1. The average Bonchev–Trinajstić information content (AvgIpc) is 3.40. The van der Waals surface area contributed by atoms with Crippen LogP contribution in [0.1, 0.15) is 53.0 Å². The van der Waals surface area contributed by atoms with E-state index in [0.717, 1.165) is 30.6 Å². The Morgan fingerprint density at radius 3 is 2.66 bits per heavy atom. The van der Waals surface area contributed by atoms with Crippen molar-refractivity contribution in [1.29, 1.82) is 0 Å². The predicted molar refractivity (Wildman–Crippen MR) is 170 cm³/mol.